The Kier molecular flexibility index (Phi) is 6.54. The van der Waals surface area contributed by atoms with Crippen LogP contribution in [0.1, 0.15) is 44.8 Å². The Morgan fingerprint density at radius 1 is 1.43 bits per heavy atom. The van der Waals surface area contributed by atoms with E-state index in [9.17, 15) is 14.3 Å². The second-order valence-corrected chi connectivity index (χ2v) is 6.65. The standard InChI is InChI=1S/C18H27FN2O2/c1-13-6-8-21(9-7-13)14(2)12-20-18(23)11-17(22)15-4-3-5-16(19)10-15/h3-5,10,13-14,17,22H,6-9,11-12H2,1-2H3,(H,20,23). The van der Waals surface area contributed by atoms with Crippen LogP contribution in [0.25, 0.3) is 0 Å². The van der Waals surface area contributed by atoms with E-state index >= 15 is 0 Å². The minimum Gasteiger partial charge on any atom is -0.388 e. The lowest BCUT2D eigenvalue weighted by molar-refractivity contribution is -0.123. The van der Waals surface area contributed by atoms with Crippen LogP contribution in [0.5, 0.6) is 0 Å². The Balaban J connectivity index is 1.74. The van der Waals surface area contributed by atoms with E-state index in [1.165, 1.54) is 31.0 Å². The number of hydrogen-bond acceptors (Lipinski definition) is 3. The second-order valence-electron chi connectivity index (χ2n) is 6.65. The molecule has 0 aliphatic carbocycles. The number of carbonyl (C=O) groups excluding carboxylic acids is 1. The zero-order valence-electron chi connectivity index (χ0n) is 14.0. The van der Waals surface area contributed by atoms with Crippen molar-refractivity contribution in [3.8, 4) is 0 Å². The van der Waals surface area contributed by atoms with E-state index in [2.05, 4.69) is 24.1 Å². The topological polar surface area (TPSA) is 52.6 Å². The van der Waals surface area contributed by atoms with Crippen LogP contribution in [0.3, 0.4) is 0 Å². The molecule has 1 aliphatic rings. The van der Waals surface area contributed by atoms with E-state index < -0.39 is 11.9 Å². The molecule has 128 valence electrons. The van der Waals surface area contributed by atoms with Crippen LogP contribution in [0.2, 0.25) is 0 Å². The van der Waals surface area contributed by atoms with Crippen molar-refractivity contribution in [1.29, 1.82) is 0 Å². The van der Waals surface area contributed by atoms with Gasteiger partial charge in [0, 0.05) is 12.6 Å². The van der Waals surface area contributed by atoms with Gasteiger partial charge in [-0.3, -0.25) is 9.69 Å². The third-order valence-electron chi connectivity index (χ3n) is 4.65. The molecule has 2 unspecified atom stereocenters. The number of aliphatic hydroxyl groups excluding tert-OH is 1. The molecule has 23 heavy (non-hydrogen) atoms. The predicted octanol–water partition coefficient (Wildman–Crippen LogP) is 2.49. The number of carbonyl (C=O) groups is 1. The molecule has 1 amide bonds. The van der Waals surface area contributed by atoms with Crippen molar-refractivity contribution < 1.29 is 14.3 Å². The summed E-state index contributed by atoms with van der Waals surface area (Å²) in [6, 6.07) is 6.02. The van der Waals surface area contributed by atoms with Crippen LogP contribution in [0.4, 0.5) is 4.39 Å². The van der Waals surface area contributed by atoms with Crippen molar-refractivity contribution in [2.24, 2.45) is 5.92 Å². The SMILES string of the molecule is CC1CCN(C(C)CNC(=O)CC(O)c2cccc(F)c2)CC1. The number of nitrogens with one attached hydrogen (secondary N) is 1. The summed E-state index contributed by atoms with van der Waals surface area (Å²) in [6.07, 6.45) is 1.39. The number of halogens is 1. The highest BCUT2D eigenvalue weighted by Gasteiger charge is 2.21. The van der Waals surface area contributed by atoms with Crippen LogP contribution in [0, 0.1) is 11.7 Å². The second kappa shape index (κ2) is 8.41. The lowest BCUT2D eigenvalue weighted by Crippen LogP contribution is -2.45. The highest BCUT2D eigenvalue weighted by Crippen LogP contribution is 2.19. The van der Waals surface area contributed by atoms with E-state index in [0.717, 1.165) is 19.0 Å². The predicted molar refractivity (Wildman–Crippen MR) is 88.4 cm³/mol. The van der Waals surface area contributed by atoms with Gasteiger partial charge in [-0.25, -0.2) is 4.39 Å². The molecule has 0 bridgehead atoms. The smallest absolute Gasteiger partial charge is 0.223 e. The number of aliphatic hydroxyl groups is 1. The lowest BCUT2D eigenvalue weighted by atomic mass is 9.98. The summed E-state index contributed by atoms with van der Waals surface area (Å²) in [5.74, 6) is 0.170. The number of nitrogens with zero attached hydrogens (tertiary/aromatic N) is 1. The number of hydrogen-bond donors (Lipinski definition) is 2. The monoisotopic (exact) mass is 322 g/mol. The highest BCUT2D eigenvalue weighted by atomic mass is 19.1. The number of rotatable bonds is 6. The first-order valence-corrected chi connectivity index (χ1v) is 8.40. The molecule has 1 aliphatic heterocycles. The maximum absolute atomic E-state index is 13.1. The first-order chi connectivity index (χ1) is 11.0. The van der Waals surface area contributed by atoms with Crippen molar-refractivity contribution >= 4 is 5.91 Å². The van der Waals surface area contributed by atoms with E-state index in [4.69, 9.17) is 0 Å². The van der Waals surface area contributed by atoms with Gasteiger partial charge in [-0.05, 0) is 56.5 Å². The molecular formula is C18H27FN2O2. The van der Waals surface area contributed by atoms with Crippen LogP contribution in [-0.4, -0.2) is 41.6 Å². The van der Waals surface area contributed by atoms with Crippen molar-refractivity contribution in [3.63, 3.8) is 0 Å². The van der Waals surface area contributed by atoms with Crippen molar-refractivity contribution in [1.82, 2.24) is 10.2 Å². The van der Waals surface area contributed by atoms with Gasteiger partial charge in [-0.1, -0.05) is 19.1 Å². The third kappa shape index (κ3) is 5.59. The molecule has 2 atom stereocenters. The van der Waals surface area contributed by atoms with Gasteiger partial charge in [-0.15, -0.1) is 0 Å². The summed E-state index contributed by atoms with van der Waals surface area (Å²) >= 11 is 0. The Hall–Kier alpha value is -1.46. The molecule has 4 nitrogen and oxygen atoms in total. The maximum atomic E-state index is 13.1. The molecule has 1 aromatic rings. The van der Waals surface area contributed by atoms with Gasteiger partial charge >= 0.3 is 0 Å². The van der Waals surface area contributed by atoms with Crippen molar-refractivity contribution in [2.75, 3.05) is 19.6 Å². The molecular weight excluding hydrogens is 295 g/mol. The number of benzene rings is 1. The number of piperidine rings is 1. The summed E-state index contributed by atoms with van der Waals surface area (Å²) in [5, 5.41) is 12.9. The molecule has 1 fully saturated rings. The Morgan fingerprint density at radius 2 is 2.13 bits per heavy atom. The molecule has 2 rings (SSSR count). The Morgan fingerprint density at radius 3 is 2.78 bits per heavy atom. The van der Waals surface area contributed by atoms with E-state index in [1.54, 1.807) is 6.07 Å². The van der Waals surface area contributed by atoms with Crippen LogP contribution in [-0.2, 0) is 4.79 Å². The van der Waals surface area contributed by atoms with Gasteiger partial charge in [0.05, 0.1) is 12.5 Å². The average molecular weight is 322 g/mol. The fourth-order valence-corrected chi connectivity index (χ4v) is 2.94. The molecule has 2 N–H and O–H groups in total. The quantitative estimate of drug-likeness (QED) is 0.846. The average Bonchev–Trinajstić information content (AvgIpc) is 2.53. The summed E-state index contributed by atoms with van der Waals surface area (Å²) in [6.45, 7) is 7.11. The fraction of sp³-hybridized carbons (Fsp3) is 0.611. The van der Waals surface area contributed by atoms with Gasteiger partial charge in [0.1, 0.15) is 5.82 Å². The molecule has 0 radical (unpaired) electrons. The van der Waals surface area contributed by atoms with Crippen molar-refractivity contribution in [2.45, 2.75) is 45.3 Å². The van der Waals surface area contributed by atoms with Gasteiger partial charge in [-0.2, -0.15) is 0 Å². The normalized spacial score (nSPS) is 19.3. The van der Waals surface area contributed by atoms with Crippen LogP contribution in [0.15, 0.2) is 24.3 Å². The van der Waals surface area contributed by atoms with Crippen LogP contribution >= 0.6 is 0 Å². The minimum atomic E-state index is -0.975. The molecule has 1 heterocycles. The molecule has 1 aromatic carbocycles. The lowest BCUT2D eigenvalue weighted by Gasteiger charge is -2.35. The van der Waals surface area contributed by atoms with Crippen molar-refractivity contribution in [3.05, 3.63) is 35.6 Å². The molecule has 0 saturated carbocycles. The molecule has 0 spiro atoms. The van der Waals surface area contributed by atoms with E-state index in [1.807, 2.05) is 0 Å². The molecule has 1 saturated heterocycles. The highest BCUT2D eigenvalue weighted by molar-refractivity contribution is 5.76. The first-order valence-electron chi connectivity index (χ1n) is 8.40. The minimum absolute atomic E-state index is 0.0484. The largest absolute Gasteiger partial charge is 0.388 e. The summed E-state index contributed by atoms with van der Waals surface area (Å²) in [5.41, 5.74) is 0.429. The first kappa shape index (κ1) is 17.9. The van der Waals surface area contributed by atoms with Gasteiger partial charge < -0.3 is 10.4 Å². The van der Waals surface area contributed by atoms with E-state index in [0.29, 0.717) is 12.1 Å². The summed E-state index contributed by atoms with van der Waals surface area (Å²) in [7, 11) is 0. The van der Waals surface area contributed by atoms with Gasteiger partial charge in [0.15, 0.2) is 0 Å². The van der Waals surface area contributed by atoms with Gasteiger partial charge in [0.2, 0.25) is 5.91 Å². The Labute approximate surface area is 137 Å². The number of likely N-dealkylation sites (tertiary alicyclic amines) is 1. The maximum Gasteiger partial charge on any atom is 0.223 e. The zero-order chi connectivity index (χ0) is 16.8. The third-order valence-corrected chi connectivity index (χ3v) is 4.65. The number of amides is 1. The Bertz CT molecular complexity index is 515. The zero-order valence-corrected chi connectivity index (χ0v) is 14.0. The van der Waals surface area contributed by atoms with E-state index in [-0.39, 0.29) is 18.4 Å². The van der Waals surface area contributed by atoms with Crippen LogP contribution < -0.4 is 5.32 Å². The summed E-state index contributed by atoms with van der Waals surface area (Å²) in [4.78, 5) is 14.4. The van der Waals surface area contributed by atoms with Gasteiger partial charge in [0.25, 0.3) is 0 Å². The fourth-order valence-electron chi connectivity index (χ4n) is 2.94. The summed E-state index contributed by atoms with van der Waals surface area (Å²) < 4.78 is 13.1. The molecule has 0 aromatic heterocycles. The molecule has 5 heteroatoms.